The molecule has 0 unspecified atom stereocenters. The van der Waals surface area contributed by atoms with Crippen molar-refractivity contribution < 1.29 is 0 Å². The van der Waals surface area contributed by atoms with E-state index in [4.69, 9.17) is 17.3 Å². The van der Waals surface area contributed by atoms with Crippen LogP contribution in [0.4, 0.5) is 11.8 Å². The summed E-state index contributed by atoms with van der Waals surface area (Å²) in [5.41, 5.74) is 5.67. The van der Waals surface area contributed by atoms with Gasteiger partial charge in [0.25, 0.3) is 0 Å². The van der Waals surface area contributed by atoms with Gasteiger partial charge in [-0.05, 0) is 18.8 Å². The maximum absolute atomic E-state index is 5.96. The second-order valence-corrected chi connectivity index (χ2v) is 6.59. The van der Waals surface area contributed by atoms with E-state index in [-0.39, 0.29) is 5.95 Å². The van der Waals surface area contributed by atoms with Gasteiger partial charge in [0.05, 0.1) is 0 Å². The number of anilines is 2. The SMILES string of the molecule is Nc1nc(Cl)cc(N2CCN(CC3CCCCC3)CC2)n1. The first-order valence-corrected chi connectivity index (χ1v) is 8.36. The topological polar surface area (TPSA) is 58.3 Å². The Morgan fingerprint density at radius 2 is 1.81 bits per heavy atom. The number of piperazine rings is 1. The molecule has 1 aliphatic carbocycles. The van der Waals surface area contributed by atoms with Gasteiger partial charge in [0.2, 0.25) is 5.95 Å². The number of hydrogen-bond acceptors (Lipinski definition) is 5. The van der Waals surface area contributed by atoms with Crippen molar-refractivity contribution in [3.05, 3.63) is 11.2 Å². The molecule has 0 spiro atoms. The van der Waals surface area contributed by atoms with E-state index < -0.39 is 0 Å². The fraction of sp³-hybridized carbons (Fsp3) is 0.733. The second kappa shape index (κ2) is 6.79. The molecule has 1 saturated heterocycles. The van der Waals surface area contributed by atoms with Crippen LogP contribution >= 0.6 is 11.6 Å². The maximum Gasteiger partial charge on any atom is 0.223 e. The van der Waals surface area contributed by atoms with Gasteiger partial charge >= 0.3 is 0 Å². The third kappa shape index (κ3) is 3.98. The van der Waals surface area contributed by atoms with E-state index in [1.54, 1.807) is 6.07 Å². The van der Waals surface area contributed by atoms with Gasteiger partial charge in [-0.25, -0.2) is 4.98 Å². The molecule has 0 atom stereocenters. The van der Waals surface area contributed by atoms with E-state index in [1.807, 2.05) is 0 Å². The number of nitrogens with zero attached hydrogens (tertiary/aromatic N) is 4. The third-order valence-corrected chi connectivity index (χ3v) is 4.83. The van der Waals surface area contributed by atoms with Crippen molar-refractivity contribution in [3.63, 3.8) is 0 Å². The molecule has 2 heterocycles. The first kappa shape index (κ1) is 14.9. The molecule has 1 aromatic heterocycles. The van der Waals surface area contributed by atoms with Crippen molar-refractivity contribution in [1.29, 1.82) is 0 Å². The van der Waals surface area contributed by atoms with Crippen LogP contribution < -0.4 is 10.6 Å². The van der Waals surface area contributed by atoms with Crippen LogP contribution in [0.5, 0.6) is 0 Å². The molecule has 2 N–H and O–H groups in total. The minimum absolute atomic E-state index is 0.252. The molecule has 2 fully saturated rings. The Morgan fingerprint density at radius 1 is 1.10 bits per heavy atom. The molecule has 2 aliphatic rings. The first-order chi connectivity index (χ1) is 10.2. The highest BCUT2D eigenvalue weighted by molar-refractivity contribution is 6.29. The van der Waals surface area contributed by atoms with Gasteiger partial charge in [-0.2, -0.15) is 4.98 Å². The largest absolute Gasteiger partial charge is 0.368 e. The zero-order chi connectivity index (χ0) is 14.7. The monoisotopic (exact) mass is 309 g/mol. The van der Waals surface area contributed by atoms with Gasteiger partial charge in [0.1, 0.15) is 11.0 Å². The second-order valence-electron chi connectivity index (χ2n) is 6.20. The van der Waals surface area contributed by atoms with Gasteiger partial charge in [-0.3, -0.25) is 4.90 Å². The Balaban J connectivity index is 1.52. The lowest BCUT2D eigenvalue weighted by atomic mass is 9.89. The Bertz CT molecular complexity index is 447. The van der Waals surface area contributed by atoms with Crippen LogP contribution in [0, 0.1) is 5.92 Å². The van der Waals surface area contributed by atoms with Crippen LogP contribution in [0.1, 0.15) is 32.1 Å². The van der Waals surface area contributed by atoms with E-state index in [0.717, 1.165) is 37.9 Å². The fourth-order valence-corrected chi connectivity index (χ4v) is 3.66. The molecule has 0 aromatic carbocycles. The maximum atomic E-state index is 5.96. The highest BCUT2D eigenvalue weighted by Crippen LogP contribution is 2.25. The minimum atomic E-state index is 0.252. The van der Waals surface area contributed by atoms with E-state index in [2.05, 4.69) is 19.8 Å². The van der Waals surface area contributed by atoms with Gasteiger partial charge in [0.15, 0.2) is 0 Å². The summed E-state index contributed by atoms with van der Waals surface area (Å²) >= 11 is 5.96. The van der Waals surface area contributed by atoms with Gasteiger partial charge in [-0.1, -0.05) is 30.9 Å². The molecule has 21 heavy (non-hydrogen) atoms. The summed E-state index contributed by atoms with van der Waals surface area (Å²) in [7, 11) is 0. The number of hydrogen-bond donors (Lipinski definition) is 1. The highest BCUT2D eigenvalue weighted by Gasteiger charge is 2.22. The van der Waals surface area contributed by atoms with E-state index in [9.17, 15) is 0 Å². The molecule has 5 nitrogen and oxygen atoms in total. The van der Waals surface area contributed by atoms with Crippen LogP contribution in [0.25, 0.3) is 0 Å². The lowest BCUT2D eigenvalue weighted by molar-refractivity contribution is 0.192. The minimum Gasteiger partial charge on any atom is -0.368 e. The molecular formula is C15H24ClN5. The number of nitrogens with two attached hydrogens (primary N) is 1. The van der Waals surface area contributed by atoms with Gasteiger partial charge < -0.3 is 10.6 Å². The first-order valence-electron chi connectivity index (χ1n) is 7.98. The van der Waals surface area contributed by atoms with Crippen LogP contribution in [0.2, 0.25) is 5.15 Å². The van der Waals surface area contributed by atoms with Crippen LogP contribution in [-0.2, 0) is 0 Å². The number of rotatable bonds is 3. The van der Waals surface area contributed by atoms with Crippen molar-refractivity contribution in [2.75, 3.05) is 43.4 Å². The predicted octanol–water partition coefficient (Wildman–Crippen LogP) is 2.41. The Kier molecular flexibility index (Phi) is 4.80. The average Bonchev–Trinajstić information content (AvgIpc) is 2.48. The van der Waals surface area contributed by atoms with Gasteiger partial charge in [0, 0.05) is 38.8 Å². The van der Waals surface area contributed by atoms with Crippen molar-refractivity contribution in [2.24, 2.45) is 5.92 Å². The number of aromatic nitrogens is 2. The quantitative estimate of drug-likeness (QED) is 0.869. The van der Waals surface area contributed by atoms with Crippen molar-refractivity contribution >= 4 is 23.4 Å². The molecule has 1 aliphatic heterocycles. The van der Waals surface area contributed by atoms with E-state index in [0.29, 0.717) is 5.15 Å². The van der Waals surface area contributed by atoms with Crippen LogP contribution in [-0.4, -0.2) is 47.6 Å². The summed E-state index contributed by atoms with van der Waals surface area (Å²) in [6.45, 7) is 5.43. The lowest BCUT2D eigenvalue weighted by Crippen LogP contribution is -2.48. The molecule has 0 bridgehead atoms. The Labute approximate surface area is 131 Å². The predicted molar refractivity (Wildman–Crippen MR) is 86.7 cm³/mol. The zero-order valence-corrected chi connectivity index (χ0v) is 13.2. The zero-order valence-electron chi connectivity index (χ0n) is 12.5. The van der Waals surface area contributed by atoms with Gasteiger partial charge in [-0.15, -0.1) is 0 Å². The summed E-state index contributed by atoms with van der Waals surface area (Å²) in [5, 5.41) is 0.419. The van der Waals surface area contributed by atoms with Crippen LogP contribution in [0.15, 0.2) is 6.07 Å². The molecule has 116 valence electrons. The summed E-state index contributed by atoms with van der Waals surface area (Å²) in [6, 6.07) is 1.80. The molecule has 1 saturated carbocycles. The molecule has 1 aromatic rings. The standard InChI is InChI=1S/C15H24ClN5/c16-13-10-14(19-15(17)18-13)21-8-6-20(7-9-21)11-12-4-2-1-3-5-12/h10,12H,1-9,11H2,(H2,17,18,19). The summed E-state index contributed by atoms with van der Waals surface area (Å²) in [5.74, 6) is 2.02. The van der Waals surface area contributed by atoms with E-state index >= 15 is 0 Å². The normalized spacial score (nSPS) is 21.7. The molecule has 6 heteroatoms. The lowest BCUT2D eigenvalue weighted by Gasteiger charge is -2.37. The molecule has 0 amide bonds. The van der Waals surface area contributed by atoms with Crippen molar-refractivity contribution in [1.82, 2.24) is 14.9 Å². The van der Waals surface area contributed by atoms with Crippen molar-refractivity contribution in [3.8, 4) is 0 Å². The molecule has 0 radical (unpaired) electrons. The Morgan fingerprint density at radius 3 is 2.48 bits per heavy atom. The van der Waals surface area contributed by atoms with Crippen molar-refractivity contribution in [2.45, 2.75) is 32.1 Å². The fourth-order valence-electron chi connectivity index (χ4n) is 3.48. The smallest absolute Gasteiger partial charge is 0.223 e. The summed E-state index contributed by atoms with van der Waals surface area (Å²) < 4.78 is 0. The average molecular weight is 310 g/mol. The third-order valence-electron chi connectivity index (χ3n) is 4.64. The highest BCUT2D eigenvalue weighted by atomic mass is 35.5. The number of halogens is 1. The summed E-state index contributed by atoms with van der Waals surface area (Å²) in [6.07, 6.45) is 7.10. The van der Waals surface area contributed by atoms with E-state index in [1.165, 1.54) is 38.6 Å². The molecule has 3 rings (SSSR count). The molecular weight excluding hydrogens is 286 g/mol. The summed E-state index contributed by atoms with van der Waals surface area (Å²) in [4.78, 5) is 13.1. The number of nitrogen functional groups attached to an aromatic ring is 1. The Hall–Kier alpha value is -1.07. The van der Waals surface area contributed by atoms with Crippen LogP contribution in [0.3, 0.4) is 0 Å².